The summed E-state index contributed by atoms with van der Waals surface area (Å²) in [6.07, 6.45) is 0. The molecule has 12 rings (SSSR count). The lowest BCUT2D eigenvalue weighted by atomic mass is 9.93. The van der Waals surface area contributed by atoms with Gasteiger partial charge in [0.2, 0.25) is 5.95 Å². The number of nitrogens with zero attached hydrogens (tertiary/aromatic N) is 4. The molecule has 0 amide bonds. The Morgan fingerprint density at radius 1 is 0.352 bits per heavy atom. The van der Waals surface area contributed by atoms with Crippen molar-refractivity contribution in [3.05, 3.63) is 182 Å². The molecular formula is C50H30N4. The van der Waals surface area contributed by atoms with Crippen LogP contribution >= 0.6 is 0 Å². The maximum absolute atomic E-state index is 5.42. The van der Waals surface area contributed by atoms with E-state index >= 15 is 0 Å². The van der Waals surface area contributed by atoms with Crippen LogP contribution in [0.3, 0.4) is 0 Å². The first-order valence-corrected chi connectivity index (χ1v) is 18.4. The number of imidazole rings is 1. The summed E-state index contributed by atoms with van der Waals surface area (Å²) >= 11 is 0. The van der Waals surface area contributed by atoms with Crippen LogP contribution in [0.5, 0.6) is 0 Å². The third-order valence-electron chi connectivity index (χ3n) is 11.2. The van der Waals surface area contributed by atoms with Crippen molar-refractivity contribution >= 4 is 81.7 Å². The molecule has 4 heteroatoms. The molecule has 0 unspecified atom stereocenters. The normalized spacial score (nSPS) is 12.1. The minimum absolute atomic E-state index is 0.828. The fraction of sp³-hybridized carbons (Fsp3) is 0. The Hall–Kier alpha value is -7.30. The maximum Gasteiger partial charge on any atom is 0.221 e. The summed E-state index contributed by atoms with van der Waals surface area (Å²) in [5, 5.41) is 10.8. The van der Waals surface area contributed by atoms with E-state index in [1.54, 1.807) is 0 Å². The summed E-state index contributed by atoms with van der Waals surface area (Å²) in [5.74, 6) is 0.828. The van der Waals surface area contributed by atoms with Crippen LogP contribution in [0.1, 0.15) is 0 Å². The molecule has 54 heavy (non-hydrogen) atoms. The Morgan fingerprint density at radius 3 is 1.70 bits per heavy atom. The fourth-order valence-corrected chi connectivity index (χ4v) is 8.71. The third kappa shape index (κ3) is 4.19. The van der Waals surface area contributed by atoms with Gasteiger partial charge in [0.15, 0.2) is 0 Å². The molecule has 0 saturated carbocycles. The van der Waals surface area contributed by atoms with Gasteiger partial charge < -0.3 is 0 Å². The van der Waals surface area contributed by atoms with Gasteiger partial charge in [-0.3, -0.25) is 8.97 Å². The molecule has 3 aromatic heterocycles. The molecule has 0 aliphatic carbocycles. The van der Waals surface area contributed by atoms with E-state index in [4.69, 9.17) is 9.97 Å². The zero-order chi connectivity index (χ0) is 35.3. The average Bonchev–Trinajstić information content (AvgIpc) is 3.79. The molecule has 0 fully saturated rings. The first-order valence-electron chi connectivity index (χ1n) is 18.4. The Morgan fingerprint density at radius 2 is 0.907 bits per heavy atom. The predicted molar refractivity (Wildman–Crippen MR) is 226 cm³/mol. The highest BCUT2D eigenvalue weighted by molar-refractivity contribution is 6.22. The highest BCUT2D eigenvalue weighted by Crippen LogP contribution is 2.42. The van der Waals surface area contributed by atoms with Crippen molar-refractivity contribution in [1.82, 2.24) is 18.9 Å². The first-order chi connectivity index (χ1) is 26.8. The van der Waals surface area contributed by atoms with Crippen molar-refractivity contribution in [2.24, 2.45) is 0 Å². The summed E-state index contributed by atoms with van der Waals surface area (Å²) in [6.45, 7) is 0. The molecule has 0 bridgehead atoms. The molecule has 250 valence electrons. The van der Waals surface area contributed by atoms with E-state index in [1.807, 2.05) is 0 Å². The molecule has 9 aromatic carbocycles. The van der Waals surface area contributed by atoms with Gasteiger partial charge in [0.25, 0.3) is 0 Å². The van der Waals surface area contributed by atoms with Crippen molar-refractivity contribution in [3.8, 4) is 28.2 Å². The molecule has 0 radical (unpaired) electrons. The third-order valence-corrected chi connectivity index (χ3v) is 11.2. The van der Waals surface area contributed by atoms with Crippen LogP contribution in [0.2, 0.25) is 0 Å². The maximum atomic E-state index is 5.42. The zero-order valence-electron chi connectivity index (χ0n) is 29.1. The van der Waals surface area contributed by atoms with Crippen LogP contribution in [0.4, 0.5) is 0 Å². The molecule has 3 heterocycles. The topological polar surface area (TPSA) is 35.1 Å². The lowest BCUT2D eigenvalue weighted by molar-refractivity contribution is 0.982. The summed E-state index contributed by atoms with van der Waals surface area (Å²) < 4.78 is 4.60. The largest absolute Gasteiger partial charge is 0.278 e. The Kier molecular flexibility index (Phi) is 6.02. The quantitative estimate of drug-likeness (QED) is 0.185. The van der Waals surface area contributed by atoms with Gasteiger partial charge >= 0.3 is 0 Å². The highest BCUT2D eigenvalue weighted by atomic mass is 15.2. The summed E-state index contributed by atoms with van der Waals surface area (Å²) in [7, 11) is 0. The predicted octanol–water partition coefficient (Wildman–Crippen LogP) is 12.9. The smallest absolute Gasteiger partial charge is 0.221 e. The second-order valence-corrected chi connectivity index (χ2v) is 14.2. The highest BCUT2D eigenvalue weighted by Gasteiger charge is 2.22. The van der Waals surface area contributed by atoms with Gasteiger partial charge in [-0.15, -0.1) is 0 Å². The summed E-state index contributed by atoms with van der Waals surface area (Å²) in [4.78, 5) is 10.6. The second-order valence-electron chi connectivity index (χ2n) is 14.2. The summed E-state index contributed by atoms with van der Waals surface area (Å²) in [6, 6.07) is 65.6. The monoisotopic (exact) mass is 686 g/mol. The first kappa shape index (κ1) is 29.3. The molecule has 0 aliphatic rings. The van der Waals surface area contributed by atoms with E-state index < -0.39 is 0 Å². The molecular weight excluding hydrogens is 657 g/mol. The van der Waals surface area contributed by atoms with Crippen LogP contribution in [-0.2, 0) is 0 Å². The van der Waals surface area contributed by atoms with E-state index in [2.05, 4.69) is 191 Å². The number of aromatic nitrogens is 4. The Labute approximate surface area is 309 Å². The van der Waals surface area contributed by atoms with Gasteiger partial charge in [-0.1, -0.05) is 127 Å². The molecule has 12 aromatic rings. The van der Waals surface area contributed by atoms with E-state index in [9.17, 15) is 0 Å². The van der Waals surface area contributed by atoms with Gasteiger partial charge in [-0.2, -0.15) is 0 Å². The van der Waals surface area contributed by atoms with Crippen LogP contribution < -0.4 is 0 Å². The number of rotatable bonds is 3. The molecule has 0 atom stereocenters. The van der Waals surface area contributed by atoms with E-state index in [-0.39, 0.29) is 0 Å². The van der Waals surface area contributed by atoms with Crippen molar-refractivity contribution in [3.63, 3.8) is 0 Å². The number of fused-ring (bicyclic) bond motifs is 12. The Bertz CT molecular complexity index is 3510. The van der Waals surface area contributed by atoms with Crippen LogP contribution in [0, 0.1) is 0 Å². The molecule has 0 spiro atoms. The fourth-order valence-electron chi connectivity index (χ4n) is 8.71. The van der Waals surface area contributed by atoms with Gasteiger partial charge in [0.1, 0.15) is 5.65 Å². The minimum Gasteiger partial charge on any atom is -0.278 e. The second kappa shape index (κ2) is 11.1. The number of hydrogen-bond donors (Lipinski definition) is 0. The van der Waals surface area contributed by atoms with Crippen molar-refractivity contribution in [1.29, 1.82) is 0 Å². The molecule has 0 aliphatic heterocycles. The minimum atomic E-state index is 0.828. The number of benzene rings is 9. The van der Waals surface area contributed by atoms with Crippen molar-refractivity contribution in [2.45, 2.75) is 0 Å². The van der Waals surface area contributed by atoms with Crippen LogP contribution in [0.25, 0.3) is 110 Å². The van der Waals surface area contributed by atoms with Crippen LogP contribution in [-0.4, -0.2) is 18.9 Å². The molecule has 4 nitrogen and oxygen atoms in total. The zero-order valence-corrected chi connectivity index (χ0v) is 29.1. The van der Waals surface area contributed by atoms with Gasteiger partial charge in [-0.05, 0) is 104 Å². The van der Waals surface area contributed by atoms with Crippen molar-refractivity contribution < 1.29 is 0 Å². The van der Waals surface area contributed by atoms with Crippen molar-refractivity contribution in [2.75, 3.05) is 0 Å². The standard InChI is InChI=1S/C50H30N4/c1-2-12-32-27-33(22-21-31(32)11-1)34-23-24-36-29-37(26-25-35(36)28-34)42-30-43-39-14-6-9-19-46(39)53(48(43)40-15-4-3-13-38(40)42)50-52-44-17-7-5-16-41(44)49-51-45-18-8-10-20-47(45)54(49)50/h1-30H. The van der Waals surface area contributed by atoms with E-state index in [0.717, 1.165) is 44.6 Å². The SMILES string of the molecule is c1ccc2cc(-c3ccc4cc(-c5cc6c7ccccc7n(-c7nc8ccccc8c8nc9ccccc9n78)c6c6ccccc56)ccc4c3)ccc2c1. The summed E-state index contributed by atoms with van der Waals surface area (Å²) in [5.41, 5.74) is 10.9. The Balaban J connectivity index is 1.11. The average molecular weight is 687 g/mol. The van der Waals surface area contributed by atoms with Gasteiger partial charge in [0, 0.05) is 21.5 Å². The lowest BCUT2D eigenvalue weighted by Gasteiger charge is -2.15. The van der Waals surface area contributed by atoms with E-state index in [0.29, 0.717) is 0 Å². The van der Waals surface area contributed by atoms with Crippen LogP contribution in [0.15, 0.2) is 182 Å². The lowest BCUT2D eigenvalue weighted by Crippen LogP contribution is -2.06. The molecule has 0 saturated heterocycles. The number of hydrogen-bond acceptors (Lipinski definition) is 2. The number of para-hydroxylation sites is 4. The van der Waals surface area contributed by atoms with Gasteiger partial charge in [-0.25, -0.2) is 9.97 Å². The van der Waals surface area contributed by atoms with E-state index in [1.165, 1.54) is 65.3 Å². The molecule has 0 N–H and O–H groups in total. The van der Waals surface area contributed by atoms with Gasteiger partial charge in [0.05, 0.1) is 27.6 Å².